The van der Waals surface area contributed by atoms with Crippen molar-refractivity contribution in [1.82, 2.24) is 9.78 Å². The number of carbonyl (C=O) groups is 1. The second kappa shape index (κ2) is 7.41. The number of hydrogen-bond donors (Lipinski definition) is 0. The fraction of sp³-hybridized carbons (Fsp3) is 0.840. The van der Waals surface area contributed by atoms with E-state index in [1.54, 1.807) is 0 Å². The van der Waals surface area contributed by atoms with Gasteiger partial charge in [-0.1, -0.05) is 27.2 Å². The van der Waals surface area contributed by atoms with E-state index in [1.807, 2.05) is 0 Å². The zero-order chi connectivity index (χ0) is 22.0. The second-order valence-electron chi connectivity index (χ2n) is 11.8. The monoisotopic (exact) mass is 427 g/mol. The van der Waals surface area contributed by atoms with Gasteiger partial charge in [0.25, 0.3) is 0 Å². The normalized spacial score (nSPS) is 44.2. The number of hydrogen-bond acceptors (Lipinski definition) is 4. The van der Waals surface area contributed by atoms with Gasteiger partial charge in [-0.3, -0.25) is 19.6 Å². The molecule has 0 bridgehead atoms. The molecule has 0 aliphatic heterocycles. The van der Waals surface area contributed by atoms with Gasteiger partial charge in [0, 0.05) is 5.92 Å². The van der Waals surface area contributed by atoms with Crippen molar-refractivity contribution in [3.63, 3.8) is 0 Å². The first kappa shape index (κ1) is 21.1. The van der Waals surface area contributed by atoms with Crippen molar-refractivity contribution in [2.45, 2.75) is 85.1 Å². The van der Waals surface area contributed by atoms with Gasteiger partial charge in [0.1, 0.15) is 18.9 Å². The molecule has 6 heteroatoms. The maximum absolute atomic E-state index is 13.3. The van der Waals surface area contributed by atoms with E-state index < -0.39 is 4.92 Å². The maximum Gasteiger partial charge on any atom is 0.307 e. The Bertz CT molecular complexity index is 881. The average Bonchev–Trinajstić information content (AvgIpc) is 3.32. The highest BCUT2D eigenvalue weighted by Gasteiger charge is 2.60. The van der Waals surface area contributed by atoms with Crippen molar-refractivity contribution < 1.29 is 9.72 Å². The van der Waals surface area contributed by atoms with Crippen LogP contribution < -0.4 is 0 Å². The zero-order valence-electron chi connectivity index (χ0n) is 19.3. The van der Waals surface area contributed by atoms with E-state index in [9.17, 15) is 14.9 Å². The summed E-state index contributed by atoms with van der Waals surface area (Å²) >= 11 is 0. The summed E-state index contributed by atoms with van der Waals surface area (Å²) < 4.78 is 1.46. The van der Waals surface area contributed by atoms with Crippen LogP contribution in [0.1, 0.15) is 78.6 Å². The highest BCUT2D eigenvalue weighted by atomic mass is 16.6. The first-order valence-corrected chi connectivity index (χ1v) is 12.4. The third-order valence-corrected chi connectivity index (χ3v) is 10.5. The molecular formula is C25H37N3O3. The Hall–Kier alpha value is -1.72. The molecule has 1 aromatic rings. The van der Waals surface area contributed by atoms with Crippen LogP contribution >= 0.6 is 0 Å². The lowest BCUT2D eigenvalue weighted by atomic mass is 9.44. The number of carbonyl (C=O) groups excluding carboxylic acids is 1. The molecule has 8 unspecified atom stereocenters. The van der Waals surface area contributed by atoms with E-state index in [-0.39, 0.29) is 29.3 Å². The number of aromatic nitrogens is 2. The molecule has 1 aromatic heterocycles. The zero-order valence-corrected chi connectivity index (χ0v) is 19.3. The molecule has 31 heavy (non-hydrogen) atoms. The second-order valence-corrected chi connectivity index (χ2v) is 11.8. The van der Waals surface area contributed by atoms with Gasteiger partial charge in [0.05, 0.1) is 4.92 Å². The van der Waals surface area contributed by atoms with Crippen molar-refractivity contribution in [2.24, 2.45) is 46.3 Å². The summed E-state index contributed by atoms with van der Waals surface area (Å²) in [6.07, 6.45) is 14.1. The highest BCUT2D eigenvalue weighted by molar-refractivity contribution is 5.82. The Labute approximate surface area is 185 Å². The van der Waals surface area contributed by atoms with E-state index in [2.05, 4.69) is 25.9 Å². The van der Waals surface area contributed by atoms with Crippen LogP contribution in [0.15, 0.2) is 12.4 Å². The number of fused-ring (bicyclic) bond motifs is 5. The van der Waals surface area contributed by atoms with Crippen molar-refractivity contribution in [3.8, 4) is 0 Å². The molecule has 4 aliphatic carbocycles. The lowest BCUT2D eigenvalue weighted by Crippen LogP contribution is -2.53. The predicted molar refractivity (Wildman–Crippen MR) is 118 cm³/mol. The molecule has 170 valence electrons. The SMILES string of the molecule is CC1CCC2(C)C(CCC3C2CCC2(C)C(C(=O)Cn4cc([N+](=O)[O-])cn4)CCC32)C1. The molecule has 0 spiro atoms. The molecular weight excluding hydrogens is 390 g/mol. The van der Waals surface area contributed by atoms with Crippen LogP contribution in [-0.2, 0) is 11.3 Å². The standard InChI is InChI=1S/C25H37N3O3/c1-16-8-10-24(2)17(12-16)4-5-19-20-6-7-22(25(20,3)11-9-21(19)24)23(29)15-27-14-18(13-26-27)28(30)31/h13-14,16-17,19-22H,4-12,15H2,1-3H3. The molecule has 0 aromatic carbocycles. The number of Topliss-reactive ketones (excluding diaryl/α,β-unsaturated/α-hetero) is 1. The summed E-state index contributed by atoms with van der Waals surface area (Å²) in [6, 6.07) is 0. The molecule has 6 nitrogen and oxygen atoms in total. The van der Waals surface area contributed by atoms with Gasteiger partial charge < -0.3 is 0 Å². The van der Waals surface area contributed by atoms with Crippen molar-refractivity contribution in [2.75, 3.05) is 0 Å². The van der Waals surface area contributed by atoms with Gasteiger partial charge >= 0.3 is 5.69 Å². The lowest BCUT2D eigenvalue weighted by molar-refractivity contribution is -0.385. The molecule has 4 saturated carbocycles. The summed E-state index contributed by atoms with van der Waals surface area (Å²) in [6.45, 7) is 7.58. The lowest BCUT2D eigenvalue weighted by Gasteiger charge is -2.61. The van der Waals surface area contributed by atoms with Gasteiger partial charge in [0.15, 0.2) is 5.78 Å². The molecule has 0 N–H and O–H groups in total. The van der Waals surface area contributed by atoms with Crippen molar-refractivity contribution >= 4 is 11.5 Å². The van der Waals surface area contributed by atoms with Gasteiger partial charge in [-0.25, -0.2) is 0 Å². The van der Waals surface area contributed by atoms with E-state index in [4.69, 9.17) is 0 Å². The summed E-state index contributed by atoms with van der Waals surface area (Å²) in [7, 11) is 0. The fourth-order valence-electron chi connectivity index (χ4n) is 8.80. The summed E-state index contributed by atoms with van der Waals surface area (Å²) in [5, 5.41) is 15.0. The van der Waals surface area contributed by atoms with Crippen LogP contribution in [0.5, 0.6) is 0 Å². The molecule has 0 saturated heterocycles. The number of nitrogens with zero attached hydrogens (tertiary/aromatic N) is 3. The molecule has 4 aliphatic rings. The summed E-state index contributed by atoms with van der Waals surface area (Å²) in [4.78, 5) is 23.8. The van der Waals surface area contributed by atoms with Gasteiger partial charge in [0.2, 0.25) is 0 Å². The highest BCUT2D eigenvalue weighted by Crippen LogP contribution is 2.67. The number of nitro groups is 1. The fourth-order valence-corrected chi connectivity index (χ4v) is 8.80. The Balaban J connectivity index is 1.32. The Morgan fingerprint density at radius 2 is 1.87 bits per heavy atom. The maximum atomic E-state index is 13.3. The van der Waals surface area contributed by atoms with Crippen LogP contribution in [-0.4, -0.2) is 20.5 Å². The topological polar surface area (TPSA) is 78.0 Å². The molecule has 0 amide bonds. The smallest absolute Gasteiger partial charge is 0.297 e. The van der Waals surface area contributed by atoms with E-state index in [1.165, 1.54) is 62.0 Å². The molecule has 8 atom stereocenters. The molecule has 1 heterocycles. The number of ketones is 1. The predicted octanol–water partition coefficient (Wildman–Crippen LogP) is 5.66. The minimum atomic E-state index is -0.453. The molecule has 4 fully saturated rings. The third-order valence-electron chi connectivity index (χ3n) is 10.5. The van der Waals surface area contributed by atoms with E-state index in [0.717, 1.165) is 36.5 Å². The Morgan fingerprint density at radius 1 is 1.13 bits per heavy atom. The average molecular weight is 428 g/mol. The van der Waals surface area contributed by atoms with Crippen LogP contribution in [0, 0.1) is 56.5 Å². The van der Waals surface area contributed by atoms with E-state index in [0.29, 0.717) is 11.3 Å². The largest absolute Gasteiger partial charge is 0.307 e. The Kier molecular flexibility index (Phi) is 5.06. The Morgan fingerprint density at radius 3 is 2.61 bits per heavy atom. The minimum absolute atomic E-state index is 0.0457. The van der Waals surface area contributed by atoms with Crippen molar-refractivity contribution in [1.29, 1.82) is 0 Å². The van der Waals surface area contributed by atoms with Crippen LogP contribution in [0.2, 0.25) is 0 Å². The van der Waals surface area contributed by atoms with Gasteiger partial charge in [-0.2, -0.15) is 5.10 Å². The summed E-state index contributed by atoms with van der Waals surface area (Å²) in [5.41, 5.74) is 0.547. The molecule has 0 radical (unpaired) electrons. The third kappa shape index (κ3) is 3.27. The van der Waals surface area contributed by atoms with Crippen LogP contribution in [0.4, 0.5) is 5.69 Å². The minimum Gasteiger partial charge on any atom is -0.297 e. The number of rotatable bonds is 4. The first-order valence-electron chi connectivity index (χ1n) is 12.4. The first-order chi connectivity index (χ1) is 14.7. The quantitative estimate of drug-likeness (QED) is 0.459. The van der Waals surface area contributed by atoms with E-state index >= 15 is 0 Å². The van der Waals surface area contributed by atoms with Crippen molar-refractivity contribution in [3.05, 3.63) is 22.5 Å². The van der Waals surface area contributed by atoms with Gasteiger partial charge in [-0.15, -0.1) is 0 Å². The van der Waals surface area contributed by atoms with Crippen LogP contribution in [0.25, 0.3) is 0 Å². The summed E-state index contributed by atoms with van der Waals surface area (Å²) in [5.74, 6) is 4.33. The van der Waals surface area contributed by atoms with Gasteiger partial charge in [-0.05, 0) is 91.8 Å². The van der Waals surface area contributed by atoms with Crippen LogP contribution in [0.3, 0.4) is 0 Å². The molecule has 5 rings (SSSR count).